The third kappa shape index (κ3) is 8.95. The van der Waals surface area contributed by atoms with Crippen LogP contribution in [-0.4, -0.2) is 56.6 Å². The van der Waals surface area contributed by atoms with Gasteiger partial charge in [0.1, 0.15) is 11.5 Å². The molecule has 1 N–H and O–H groups in total. The first-order valence-corrected chi connectivity index (χ1v) is 13.6. The van der Waals surface area contributed by atoms with Gasteiger partial charge in [0.15, 0.2) is 5.79 Å². The van der Waals surface area contributed by atoms with Crippen molar-refractivity contribution < 1.29 is 33.5 Å². The summed E-state index contributed by atoms with van der Waals surface area (Å²) in [5, 5.41) is 10.9. The lowest BCUT2D eigenvalue weighted by atomic mass is 9.86. The summed E-state index contributed by atoms with van der Waals surface area (Å²) in [6.07, 6.45) is -0.153. The lowest BCUT2D eigenvalue weighted by Crippen LogP contribution is -2.38. The fraction of sp³-hybridized carbons (Fsp3) is 0.613. The molecule has 0 bridgehead atoms. The van der Waals surface area contributed by atoms with Crippen molar-refractivity contribution in [1.82, 2.24) is 0 Å². The molecule has 6 atom stereocenters. The predicted octanol–water partition coefficient (Wildman–Crippen LogP) is 5.62. The van der Waals surface area contributed by atoms with Crippen LogP contribution >= 0.6 is 0 Å². The number of rotatable bonds is 15. The molecule has 1 saturated heterocycles. The molecule has 0 saturated carbocycles. The second-order valence-electron chi connectivity index (χ2n) is 11.0. The maximum atomic E-state index is 10.9. The lowest BCUT2D eigenvalue weighted by Gasteiger charge is -2.30. The van der Waals surface area contributed by atoms with Crippen molar-refractivity contribution in [2.45, 2.75) is 78.4 Å². The van der Waals surface area contributed by atoms with Crippen LogP contribution in [-0.2, 0) is 32.2 Å². The highest BCUT2D eigenvalue weighted by molar-refractivity contribution is 5.27. The van der Waals surface area contributed by atoms with E-state index in [0.717, 1.165) is 22.6 Å². The number of hydrogen-bond acceptors (Lipinski definition) is 7. The van der Waals surface area contributed by atoms with Crippen LogP contribution in [0.15, 0.2) is 48.5 Å². The summed E-state index contributed by atoms with van der Waals surface area (Å²) >= 11 is 0. The Balaban J connectivity index is 1.46. The van der Waals surface area contributed by atoms with Gasteiger partial charge in [0.05, 0.1) is 59.0 Å². The molecular weight excluding hydrogens is 484 g/mol. The van der Waals surface area contributed by atoms with Crippen LogP contribution < -0.4 is 9.47 Å². The van der Waals surface area contributed by atoms with Crippen molar-refractivity contribution in [3.63, 3.8) is 0 Å². The van der Waals surface area contributed by atoms with Crippen LogP contribution in [0.2, 0.25) is 0 Å². The second-order valence-corrected chi connectivity index (χ2v) is 11.0. The Morgan fingerprint density at radius 3 is 1.66 bits per heavy atom. The summed E-state index contributed by atoms with van der Waals surface area (Å²) < 4.78 is 35.0. The van der Waals surface area contributed by atoms with Gasteiger partial charge in [-0.3, -0.25) is 0 Å². The molecule has 2 aromatic carbocycles. The molecule has 0 aromatic heterocycles. The molecule has 7 nitrogen and oxygen atoms in total. The quantitative estimate of drug-likeness (QED) is 0.320. The molecule has 3 rings (SSSR count). The molecule has 1 aliphatic heterocycles. The maximum absolute atomic E-state index is 10.9. The topological polar surface area (TPSA) is 75.6 Å². The third-order valence-corrected chi connectivity index (χ3v) is 7.17. The van der Waals surface area contributed by atoms with Gasteiger partial charge in [0.25, 0.3) is 0 Å². The lowest BCUT2D eigenvalue weighted by molar-refractivity contribution is -0.155. The molecule has 1 heterocycles. The van der Waals surface area contributed by atoms with E-state index in [2.05, 4.69) is 13.8 Å². The van der Waals surface area contributed by atoms with Crippen molar-refractivity contribution in [2.75, 3.05) is 27.4 Å². The Bertz CT molecular complexity index is 944. The maximum Gasteiger partial charge on any atom is 0.163 e. The van der Waals surface area contributed by atoms with Crippen molar-refractivity contribution in [3.8, 4) is 11.5 Å². The Kier molecular flexibility index (Phi) is 11.4. The SMILES string of the molecule is COc1ccc(COC[C@@H](C)C(O)C[C@H](C)[C@@H]2OC(C)(C)O[C@H]2[C@@H](C)COCc2ccc(OC)cc2)cc1. The van der Waals surface area contributed by atoms with Gasteiger partial charge in [-0.1, -0.05) is 45.0 Å². The number of aliphatic hydroxyl groups excluding tert-OH is 1. The van der Waals surface area contributed by atoms with Gasteiger partial charge in [0.2, 0.25) is 0 Å². The van der Waals surface area contributed by atoms with Crippen LogP contribution in [0.1, 0.15) is 52.2 Å². The minimum atomic E-state index is -0.675. The Morgan fingerprint density at radius 2 is 1.18 bits per heavy atom. The zero-order valence-corrected chi connectivity index (χ0v) is 24.0. The van der Waals surface area contributed by atoms with Crippen molar-refractivity contribution in [3.05, 3.63) is 59.7 Å². The molecule has 0 aliphatic carbocycles. The smallest absolute Gasteiger partial charge is 0.163 e. The van der Waals surface area contributed by atoms with E-state index in [0.29, 0.717) is 32.8 Å². The summed E-state index contributed by atoms with van der Waals surface area (Å²) in [7, 11) is 3.31. The molecule has 0 amide bonds. The minimum absolute atomic E-state index is 0.00488. The van der Waals surface area contributed by atoms with Crippen LogP contribution in [0.4, 0.5) is 0 Å². The third-order valence-electron chi connectivity index (χ3n) is 7.17. The molecule has 2 aromatic rings. The van der Waals surface area contributed by atoms with E-state index in [1.165, 1.54) is 0 Å². The van der Waals surface area contributed by atoms with E-state index in [9.17, 15) is 5.11 Å². The molecule has 38 heavy (non-hydrogen) atoms. The second kappa shape index (κ2) is 14.3. The summed E-state index contributed by atoms with van der Waals surface area (Å²) in [4.78, 5) is 0. The standard InChI is InChI=1S/C31H46O7/c1-21(16-28(32)22(2)17-35-19-24-8-12-26(33-6)13-9-24)29-30(38-31(4,5)37-29)23(3)18-36-20-25-10-14-27(34-7)15-11-25/h8-15,21-23,28-30,32H,16-20H2,1-7H3/t21-,22+,23-,28?,29-,30-/m0/s1. The van der Waals surface area contributed by atoms with Gasteiger partial charge >= 0.3 is 0 Å². The number of aliphatic hydroxyl groups is 1. The number of methoxy groups -OCH3 is 2. The van der Waals surface area contributed by atoms with E-state index in [4.69, 9.17) is 28.4 Å². The Hall–Kier alpha value is -2.16. The molecule has 1 aliphatic rings. The van der Waals surface area contributed by atoms with Gasteiger partial charge in [-0.05, 0) is 61.6 Å². The van der Waals surface area contributed by atoms with Gasteiger partial charge in [-0.25, -0.2) is 0 Å². The fourth-order valence-corrected chi connectivity index (χ4v) is 4.82. The van der Waals surface area contributed by atoms with Crippen LogP contribution in [0.3, 0.4) is 0 Å². The molecule has 1 unspecified atom stereocenters. The highest BCUT2D eigenvalue weighted by atomic mass is 16.8. The van der Waals surface area contributed by atoms with Crippen molar-refractivity contribution in [2.24, 2.45) is 17.8 Å². The van der Waals surface area contributed by atoms with Gasteiger partial charge < -0.3 is 33.5 Å². The average Bonchev–Trinajstić information content (AvgIpc) is 3.25. The highest BCUT2D eigenvalue weighted by Gasteiger charge is 2.46. The molecule has 0 radical (unpaired) electrons. The largest absolute Gasteiger partial charge is 0.497 e. The molecule has 212 valence electrons. The first-order chi connectivity index (χ1) is 18.1. The first-order valence-electron chi connectivity index (χ1n) is 13.6. The number of benzene rings is 2. The molecular formula is C31H46O7. The van der Waals surface area contributed by atoms with E-state index >= 15 is 0 Å². The highest BCUT2D eigenvalue weighted by Crippen LogP contribution is 2.37. The molecule has 0 spiro atoms. The Morgan fingerprint density at radius 1 is 0.737 bits per heavy atom. The van der Waals surface area contributed by atoms with E-state index in [1.54, 1.807) is 14.2 Å². The van der Waals surface area contributed by atoms with Crippen LogP contribution in [0.25, 0.3) is 0 Å². The Labute approximate surface area is 228 Å². The van der Waals surface area contributed by atoms with Crippen LogP contribution in [0, 0.1) is 17.8 Å². The zero-order chi connectivity index (χ0) is 27.7. The zero-order valence-electron chi connectivity index (χ0n) is 24.0. The monoisotopic (exact) mass is 530 g/mol. The first kappa shape index (κ1) is 30.4. The van der Waals surface area contributed by atoms with E-state index in [1.807, 2.05) is 69.3 Å². The summed E-state index contributed by atoms with van der Waals surface area (Å²) in [6, 6.07) is 15.7. The summed E-state index contributed by atoms with van der Waals surface area (Å²) in [5.41, 5.74) is 2.17. The average molecular weight is 531 g/mol. The number of hydrogen-bond donors (Lipinski definition) is 1. The normalized spacial score (nSPS) is 22.0. The van der Waals surface area contributed by atoms with Gasteiger partial charge in [0, 0.05) is 11.8 Å². The number of ether oxygens (including phenoxy) is 6. The fourth-order valence-electron chi connectivity index (χ4n) is 4.82. The summed E-state index contributed by atoms with van der Waals surface area (Å²) in [6.45, 7) is 12.2. The van der Waals surface area contributed by atoms with Gasteiger partial charge in [-0.15, -0.1) is 0 Å². The predicted molar refractivity (Wildman–Crippen MR) is 147 cm³/mol. The van der Waals surface area contributed by atoms with E-state index in [-0.39, 0.29) is 30.0 Å². The van der Waals surface area contributed by atoms with Crippen LogP contribution in [0.5, 0.6) is 11.5 Å². The molecule has 1 fully saturated rings. The molecule has 7 heteroatoms. The van der Waals surface area contributed by atoms with Crippen molar-refractivity contribution in [1.29, 1.82) is 0 Å². The summed E-state index contributed by atoms with van der Waals surface area (Å²) in [5.74, 6) is 1.21. The van der Waals surface area contributed by atoms with E-state index < -0.39 is 11.9 Å². The minimum Gasteiger partial charge on any atom is -0.497 e. The van der Waals surface area contributed by atoms with Crippen molar-refractivity contribution >= 4 is 0 Å². The van der Waals surface area contributed by atoms with Gasteiger partial charge in [-0.2, -0.15) is 0 Å².